The fourth-order valence-electron chi connectivity index (χ4n) is 3.29. The Labute approximate surface area is 198 Å². The maximum Gasteiger partial charge on any atom is 0.244 e. The van der Waals surface area contributed by atoms with E-state index in [2.05, 4.69) is 15.6 Å². The fraction of sp³-hybridized carbons (Fsp3) is 0.364. The molecule has 3 rings (SSSR count). The average Bonchev–Trinajstić information content (AvgIpc) is 3.31. The third-order valence-corrected chi connectivity index (χ3v) is 7.95. The van der Waals surface area contributed by atoms with Crippen LogP contribution in [0.2, 0.25) is 10.0 Å². The third kappa shape index (κ3) is 6.22. The van der Waals surface area contributed by atoms with Crippen molar-refractivity contribution in [3.8, 4) is 0 Å². The van der Waals surface area contributed by atoms with Crippen LogP contribution in [0.25, 0.3) is 0 Å². The lowest BCUT2D eigenvalue weighted by Gasteiger charge is -2.18. The number of amides is 1. The van der Waals surface area contributed by atoms with E-state index in [0.29, 0.717) is 19.4 Å². The SMILES string of the molecule is CN(CCCC(=O)NCCc1ccc(C2=NCCN2)cc1)S(=O)(=O)c1cccc(Cl)c1Cl. The molecule has 1 amide bonds. The van der Waals surface area contributed by atoms with E-state index in [1.165, 1.54) is 29.6 Å². The molecule has 2 aromatic rings. The molecular weight excluding hydrogens is 471 g/mol. The van der Waals surface area contributed by atoms with Crippen molar-refractivity contribution in [3.05, 3.63) is 63.6 Å². The second kappa shape index (κ2) is 11.1. The Morgan fingerprint density at radius 2 is 1.94 bits per heavy atom. The minimum absolute atomic E-state index is 0.000661. The Morgan fingerprint density at radius 3 is 2.62 bits per heavy atom. The van der Waals surface area contributed by atoms with Crippen LogP contribution in [0.5, 0.6) is 0 Å². The number of nitrogens with one attached hydrogen (secondary N) is 2. The van der Waals surface area contributed by atoms with E-state index < -0.39 is 10.0 Å². The van der Waals surface area contributed by atoms with Gasteiger partial charge in [-0.1, -0.05) is 53.5 Å². The summed E-state index contributed by atoms with van der Waals surface area (Å²) < 4.78 is 26.6. The molecule has 0 bridgehead atoms. The van der Waals surface area contributed by atoms with Gasteiger partial charge in [-0.25, -0.2) is 12.7 Å². The monoisotopic (exact) mass is 496 g/mol. The number of hydrogen-bond acceptors (Lipinski definition) is 5. The molecule has 1 heterocycles. The lowest BCUT2D eigenvalue weighted by atomic mass is 10.1. The Kier molecular flexibility index (Phi) is 8.53. The molecule has 10 heteroatoms. The van der Waals surface area contributed by atoms with Gasteiger partial charge in [0.25, 0.3) is 0 Å². The van der Waals surface area contributed by atoms with Crippen LogP contribution < -0.4 is 10.6 Å². The van der Waals surface area contributed by atoms with Gasteiger partial charge in [0.2, 0.25) is 15.9 Å². The first-order valence-electron chi connectivity index (χ1n) is 10.3. The molecule has 2 N–H and O–H groups in total. The van der Waals surface area contributed by atoms with Crippen molar-refractivity contribution in [2.24, 2.45) is 4.99 Å². The smallest absolute Gasteiger partial charge is 0.244 e. The van der Waals surface area contributed by atoms with Gasteiger partial charge in [-0.15, -0.1) is 0 Å². The molecule has 0 saturated heterocycles. The highest BCUT2D eigenvalue weighted by molar-refractivity contribution is 7.89. The van der Waals surface area contributed by atoms with Gasteiger partial charge < -0.3 is 10.6 Å². The number of halogens is 2. The topological polar surface area (TPSA) is 90.9 Å². The number of carbonyl (C=O) groups excluding carboxylic acids is 1. The van der Waals surface area contributed by atoms with Crippen molar-refractivity contribution >= 4 is 45.0 Å². The minimum atomic E-state index is -3.78. The number of benzene rings is 2. The summed E-state index contributed by atoms with van der Waals surface area (Å²) in [5.41, 5.74) is 2.19. The van der Waals surface area contributed by atoms with Gasteiger partial charge in [-0.05, 0) is 30.5 Å². The number of nitrogens with zero attached hydrogens (tertiary/aromatic N) is 2. The van der Waals surface area contributed by atoms with Crippen LogP contribution in [0.15, 0.2) is 52.4 Å². The van der Waals surface area contributed by atoms with E-state index in [4.69, 9.17) is 23.2 Å². The van der Waals surface area contributed by atoms with Crippen LogP contribution in [0.3, 0.4) is 0 Å². The summed E-state index contributed by atoms with van der Waals surface area (Å²) in [4.78, 5) is 16.5. The molecule has 0 atom stereocenters. The van der Waals surface area contributed by atoms with Crippen LogP contribution in [0, 0.1) is 0 Å². The van der Waals surface area contributed by atoms with Gasteiger partial charge in [-0.3, -0.25) is 9.79 Å². The molecule has 1 aliphatic heterocycles. The Balaban J connectivity index is 1.40. The van der Waals surface area contributed by atoms with E-state index in [-0.39, 0.29) is 33.8 Å². The summed E-state index contributed by atoms with van der Waals surface area (Å²) in [6.45, 7) is 2.39. The van der Waals surface area contributed by atoms with Crippen molar-refractivity contribution < 1.29 is 13.2 Å². The van der Waals surface area contributed by atoms with E-state index in [1.807, 2.05) is 24.3 Å². The number of hydrogen-bond donors (Lipinski definition) is 2. The summed E-state index contributed by atoms with van der Waals surface area (Å²) in [6.07, 6.45) is 1.34. The van der Waals surface area contributed by atoms with Crippen molar-refractivity contribution in [3.63, 3.8) is 0 Å². The number of aliphatic imine (C=N–C) groups is 1. The van der Waals surface area contributed by atoms with Crippen LogP contribution in [0.1, 0.15) is 24.0 Å². The standard InChI is InChI=1S/C22H26Cl2N4O3S/c1-28(32(30,31)19-5-2-4-18(23)21(19)24)15-3-6-20(29)25-12-11-16-7-9-17(10-8-16)22-26-13-14-27-22/h2,4-5,7-10H,3,6,11-15H2,1H3,(H,25,29)(H,26,27). The maximum absolute atomic E-state index is 12.7. The summed E-state index contributed by atoms with van der Waals surface area (Å²) in [7, 11) is -2.32. The second-order valence-electron chi connectivity index (χ2n) is 7.44. The van der Waals surface area contributed by atoms with Crippen molar-refractivity contribution in [1.82, 2.24) is 14.9 Å². The molecule has 172 valence electrons. The molecule has 0 aromatic heterocycles. The van der Waals surface area contributed by atoms with Crippen molar-refractivity contribution in [2.75, 3.05) is 33.2 Å². The summed E-state index contributed by atoms with van der Waals surface area (Å²) in [5, 5.41) is 6.30. The van der Waals surface area contributed by atoms with Gasteiger partial charge >= 0.3 is 0 Å². The Hall–Kier alpha value is -2.13. The van der Waals surface area contributed by atoms with Crippen LogP contribution in [0.4, 0.5) is 0 Å². The molecule has 7 nitrogen and oxygen atoms in total. The number of sulfonamides is 1. The maximum atomic E-state index is 12.7. The molecule has 0 spiro atoms. The normalized spacial score (nSPS) is 13.7. The zero-order valence-electron chi connectivity index (χ0n) is 17.8. The number of rotatable bonds is 10. The van der Waals surface area contributed by atoms with Crippen LogP contribution in [-0.2, 0) is 21.2 Å². The van der Waals surface area contributed by atoms with E-state index in [9.17, 15) is 13.2 Å². The van der Waals surface area contributed by atoms with Gasteiger partial charge in [0.15, 0.2) is 0 Å². The molecule has 2 aromatic carbocycles. The third-order valence-electron chi connectivity index (χ3n) is 5.12. The largest absolute Gasteiger partial charge is 0.368 e. The van der Waals surface area contributed by atoms with E-state index in [0.717, 1.165) is 30.1 Å². The Morgan fingerprint density at radius 1 is 1.19 bits per heavy atom. The highest BCUT2D eigenvalue weighted by Crippen LogP contribution is 2.30. The minimum Gasteiger partial charge on any atom is -0.368 e. The first-order chi connectivity index (χ1) is 15.3. The fourth-order valence-corrected chi connectivity index (χ4v) is 5.23. The average molecular weight is 497 g/mol. The number of amidine groups is 1. The predicted octanol–water partition coefficient (Wildman–Crippen LogP) is 3.10. The highest BCUT2D eigenvalue weighted by atomic mass is 35.5. The van der Waals surface area contributed by atoms with Crippen LogP contribution in [-0.4, -0.2) is 57.7 Å². The van der Waals surface area contributed by atoms with Crippen LogP contribution >= 0.6 is 23.2 Å². The lowest BCUT2D eigenvalue weighted by Crippen LogP contribution is -2.30. The van der Waals surface area contributed by atoms with E-state index >= 15 is 0 Å². The first kappa shape index (κ1) is 24.5. The first-order valence-corrected chi connectivity index (χ1v) is 12.5. The zero-order chi connectivity index (χ0) is 23.1. The highest BCUT2D eigenvalue weighted by Gasteiger charge is 2.24. The second-order valence-corrected chi connectivity index (χ2v) is 10.2. The number of carbonyl (C=O) groups is 1. The lowest BCUT2D eigenvalue weighted by molar-refractivity contribution is -0.121. The molecule has 0 aliphatic carbocycles. The van der Waals surface area contributed by atoms with Gasteiger partial charge in [-0.2, -0.15) is 0 Å². The summed E-state index contributed by atoms with van der Waals surface area (Å²) in [6, 6.07) is 12.6. The van der Waals surface area contributed by atoms with Gasteiger partial charge in [0.1, 0.15) is 10.7 Å². The Bertz CT molecular complexity index is 1090. The predicted molar refractivity (Wildman–Crippen MR) is 128 cm³/mol. The molecule has 1 aliphatic rings. The zero-order valence-corrected chi connectivity index (χ0v) is 20.1. The van der Waals surface area contributed by atoms with Crippen molar-refractivity contribution in [1.29, 1.82) is 0 Å². The summed E-state index contributed by atoms with van der Waals surface area (Å²) in [5.74, 6) is 0.812. The van der Waals surface area contributed by atoms with Crippen molar-refractivity contribution in [2.45, 2.75) is 24.2 Å². The van der Waals surface area contributed by atoms with E-state index in [1.54, 1.807) is 0 Å². The summed E-state index contributed by atoms with van der Waals surface area (Å²) >= 11 is 12.0. The van der Waals surface area contributed by atoms with Gasteiger partial charge in [0, 0.05) is 38.7 Å². The molecule has 0 saturated carbocycles. The van der Waals surface area contributed by atoms with Gasteiger partial charge in [0.05, 0.1) is 16.6 Å². The molecule has 0 radical (unpaired) electrons. The molecule has 0 unspecified atom stereocenters. The molecule has 32 heavy (non-hydrogen) atoms. The quantitative estimate of drug-likeness (QED) is 0.528. The molecular formula is C22H26Cl2N4O3S. The molecule has 0 fully saturated rings.